The summed E-state index contributed by atoms with van der Waals surface area (Å²) in [4.78, 5) is 12.0. The molecule has 138 valence electrons. The minimum atomic E-state index is -0.295. The van der Waals surface area contributed by atoms with Crippen molar-refractivity contribution in [2.24, 2.45) is 0 Å². The fourth-order valence-electron chi connectivity index (χ4n) is 2.52. The van der Waals surface area contributed by atoms with Crippen LogP contribution in [0.1, 0.15) is 0 Å². The van der Waals surface area contributed by atoms with E-state index in [0.717, 1.165) is 22.8 Å². The Hall–Kier alpha value is -3.67. The zero-order valence-electron chi connectivity index (χ0n) is 15.2. The lowest BCUT2D eigenvalue weighted by Crippen LogP contribution is -2.19. The molecule has 0 atom stereocenters. The first-order chi connectivity index (χ1) is 13.2. The second kappa shape index (κ2) is 8.62. The van der Waals surface area contributed by atoms with Gasteiger partial charge in [0.1, 0.15) is 11.5 Å². The van der Waals surface area contributed by atoms with Crippen molar-refractivity contribution in [2.45, 2.75) is 0 Å². The molecule has 0 bridgehead atoms. The van der Waals surface area contributed by atoms with E-state index in [1.807, 2.05) is 72.8 Å². The highest BCUT2D eigenvalue weighted by molar-refractivity contribution is 5.99. The van der Waals surface area contributed by atoms with E-state index in [0.29, 0.717) is 11.4 Å². The quantitative estimate of drug-likeness (QED) is 0.570. The van der Waals surface area contributed by atoms with Gasteiger partial charge < -0.3 is 25.4 Å². The maximum Gasteiger partial charge on any atom is 0.323 e. The summed E-state index contributed by atoms with van der Waals surface area (Å²) < 4.78 is 10.6. The van der Waals surface area contributed by atoms with Crippen LogP contribution in [0.5, 0.6) is 11.5 Å². The molecule has 0 aliphatic carbocycles. The molecule has 0 aliphatic heterocycles. The number of rotatable bonds is 6. The van der Waals surface area contributed by atoms with Gasteiger partial charge in [-0.2, -0.15) is 0 Å². The molecule has 0 aromatic heterocycles. The number of anilines is 4. The lowest BCUT2D eigenvalue weighted by atomic mass is 10.2. The van der Waals surface area contributed by atoms with Crippen molar-refractivity contribution in [3.63, 3.8) is 0 Å². The lowest BCUT2D eigenvalue weighted by molar-refractivity contribution is 0.262. The summed E-state index contributed by atoms with van der Waals surface area (Å²) in [5.41, 5.74) is 3.07. The van der Waals surface area contributed by atoms with Gasteiger partial charge >= 0.3 is 6.03 Å². The number of amides is 2. The predicted octanol–water partition coefficient (Wildman–Crippen LogP) is 5.09. The van der Waals surface area contributed by atoms with E-state index in [4.69, 9.17) is 9.47 Å². The maximum absolute atomic E-state index is 12.0. The third-order valence-corrected chi connectivity index (χ3v) is 3.86. The number of benzene rings is 3. The van der Waals surface area contributed by atoms with E-state index in [-0.39, 0.29) is 6.03 Å². The van der Waals surface area contributed by atoms with Crippen molar-refractivity contribution in [2.75, 3.05) is 30.2 Å². The van der Waals surface area contributed by atoms with Gasteiger partial charge in [-0.3, -0.25) is 0 Å². The van der Waals surface area contributed by atoms with Gasteiger partial charge in [-0.25, -0.2) is 4.79 Å². The summed E-state index contributed by atoms with van der Waals surface area (Å²) in [7, 11) is 3.23. The van der Waals surface area contributed by atoms with Crippen LogP contribution in [0.3, 0.4) is 0 Å². The first-order valence-electron chi connectivity index (χ1n) is 8.40. The van der Waals surface area contributed by atoms with Gasteiger partial charge in [0.2, 0.25) is 0 Å². The van der Waals surface area contributed by atoms with E-state index in [1.165, 1.54) is 0 Å². The van der Waals surface area contributed by atoms with E-state index >= 15 is 0 Å². The van der Waals surface area contributed by atoms with Gasteiger partial charge in [-0.05, 0) is 48.5 Å². The molecule has 0 spiro atoms. The third kappa shape index (κ3) is 4.92. The van der Waals surface area contributed by atoms with Crippen molar-refractivity contribution in [3.8, 4) is 11.5 Å². The molecule has 3 aromatic rings. The molecule has 3 aromatic carbocycles. The molecule has 0 saturated heterocycles. The molecule has 3 rings (SSSR count). The Morgan fingerprint density at radius 2 is 1.37 bits per heavy atom. The number of para-hydroxylation sites is 1. The summed E-state index contributed by atoms with van der Waals surface area (Å²) in [6.07, 6.45) is 0. The van der Waals surface area contributed by atoms with Crippen molar-refractivity contribution in [1.82, 2.24) is 0 Å². The number of urea groups is 1. The summed E-state index contributed by atoms with van der Waals surface area (Å²) >= 11 is 0. The van der Waals surface area contributed by atoms with Crippen molar-refractivity contribution in [3.05, 3.63) is 72.8 Å². The molecule has 0 aliphatic rings. The van der Waals surface area contributed by atoms with Crippen molar-refractivity contribution in [1.29, 1.82) is 0 Å². The van der Waals surface area contributed by atoms with Crippen LogP contribution in [-0.2, 0) is 0 Å². The summed E-state index contributed by atoms with van der Waals surface area (Å²) in [5, 5.41) is 8.86. The smallest absolute Gasteiger partial charge is 0.323 e. The Balaban J connectivity index is 1.64. The predicted molar refractivity (Wildman–Crippen MR) is 108 cm³/mol. The fraction of sp³-hybridized carbons (Fsp3) is 0.0952. The number of hydrogen-bond donors (Lipinski definition) is 3. The second-order valence-electron chi connectivity index (χ2n) is 5.71. The molecular weight excluding hydrogens is 342 g/mol. The zero-order valence-corrected chi connectivity index (χ0v) is 15.2. The minimum Gasteiger partial charge on any atom is -0.497 e. The van der Waals surface area contributed by atoms with E-state index in [1.54, 1.807) is 14.2 Å². The van der Waals surface area contributed by atoms with Gasteiger partial charge in [0.25, 0.3) is 0 Å². The summed E-state index contributed by atoms with van der Waals surface area (Å²) in [5.74, 6) is 1.44. The highest BCUT2D eigenvalue weighted by Gasteiger charge is 2.06. The average Bonchev–Trinajstić information content (AvgIpc) is 2.70. The van der Waals surface area contributed by atoms with Crippen LogP contribution in [-0.4, -0.2) is 20.3 Å². The summed E-state index contributed by atoms with van der Waals surface area (Å²) in [6, 6.07) is 21.9. The first-order valence-corrected chi connectivity index (χ1v) is 8.40. The Morgan fingerprint density at radius 3 is 2.00 bits per heavy atom. The molecule has 0 radical (unpaired) electrons. The van der Waals surface area contributed by atoms with E-state index in [2.05, 4.69) is 16.0 Å². The molecule has 6 nitrogen and oxygen atoms in total. The topological polar surface area (TPSA) is 71.6 Å². The van der Waals surface area contributed by atoms with Crippen LogP contribution in [0.15, 0.2) is 72.8 Å². The molecule has 3 N–H and O–H groups in total. The minimum absolute atomic E-state index is 0.295. The Kier molecular flexibility index (Phi) is 5.79. The highest BCUT2D eigenvalue weighted by atomic mass is 16.5. The standard InChI is InChI=1S/C21H21N3O3/c1-26-18-12-13-20(27-2)19(14-18)22-16-8-10-17(11-9-16)24-21(25)23-15-6-4-3-5-7-15/h3-14,22H,1-2H3,(H2,23,24,25). The number of carbonyl (C=O) groups excluding carboxylic acids is 1. The number of nitrogens with one attached hydrogen (secondary N) is 3. The van der Waals surface area contributed by atoms with Crippen molar-refractivity contribution < 1.29 is 14.3 Å². The van der Waals surface area contributed by atoms with Crippen LogP contribution < -0.4 is 25.4 Å². The molecular formula is C21H21N3O3. The zero-order chi connectivity index (χ0) is 19.1. The third-order valence-electron chi connectivity index (χ3n) is 3.86. The molecule has 0 saturated carbocycles. The molecule has 27 heavy (non-hydrogen) atoms. The van der Waals surface area contributed by atoms with Crippen molar-refractivity contribution >= 4 is 28.8 Å². The van der Waals surface area contributed by atoms with Gasteiger partial charge in [0.05, 0.1) is 19.9 Å². The first kappa shape index (κ1) is 18.1. The van der Waals surface area contributed by atoms with Crippen LogP contribution >= 0.6 is 0 Å². The SMILES string of the molecule is COc1ccc(OC)c(Nc2ccc(NC(=O)Nc3ccccc3)cc2)c1. The second-order valence-corrected chi connectivity index (χ2v) is 5.71. The average molecular weight is 363 g/mol. The number of methoxy groups -OCH3 is 2. The number of carbonyl (C=O) groups is 1. The largest absolute Gasteiger partial charge is 0.497 e. The highest BCUT2D eigenvalue weighted by Crippen LogP contribution is 2.31. The molecule has 6 heteroatoms. The number of ether oxygens (including phenoxy) is 2. The van der Waals surface area contributed by atoms with Gasteiger partial charge in [0, 0.05) is 23.1 Å². The molecule has 0 fully saturated rings. The van der Waals surface area contributed by atoms with Gasteiger partial charge in [-0.1, -0.05) is 18.2 Å². The van der Waals surface area contributed by atoms with Gasteiger partial charge in [-0.15, -0.1) is 0 Å². The molecule has 0 heterocycles. The normalized spacial score (nSPS) is 10.0. The number of hydrogen-bond acceptors (Lipinski definition) is 4. The van der Waals surface area contributed by atoms with E-state index in [9.17, 15) is 4.79 Å². The maximum atomic E-state index is 12.0. The van der Waals surface area contributed by atoms with Crippen LogP contribution in [0, 0.1) is 0 Å². The molecule has 0 unspecified atom stereocenters. The van der Waals surface area contributed by atoms with Crippen LogP contribution in [0.4, 0.5) is 27.5 Å². The van der Waals surface area contributed by atoms with Gasteiger partial charge in [0.15, 0.2) is 0 Å². The van der Waals surface area contributed by atoms with Crippen LogP contribution in [0.2, 0.25) is 0 Å². The monoisotopic (exact) mass is 363 g/mol. The lowest BCUT2D eigenvalue weighted by Gasteiger charge is -2.13. The Bertz CT molecular complexity index is 896. The van der Waals surface area contributed by atoms with E-state index < -0.39 is 0 Å². The summed E-state index contributed by atoms with van der Waals surface area (Å²) in [6.45, 7) is 0. The Labute approximate surface area is 158 Å². The molecule has 2 amide bonds. The fourth-order valence-corrected chi connectivity index (χ4v) is 2.52. The van der Waals surface area contributed by atoms with Crippen LogP contribution in [0.25, 0.3) is 0 Å². The Morgan fingerprint density at radius 1 is 0.741 bits per heavy atom.